The molecule has 0 unspecified atom stereocenters. The summed E-state index contributed by atoms with van der Waals surface area (Å²) in [5.41, 5.74) is 2.40. The molecule has 0 aliphatic carbocycles. The van der Waals surface area contributed by atoms with Gasteiger partial charge in [0.15, 0.2) is 0 Å². The predicted molar refractivity (Wildman–Crippen MR) is 88.3 cm³/mol. The molecule has 1 heterocycles. The van der Waals surface area contributed by atoms with Gasteiger partial charge in [-0.3, -0.25) is 4.98 Å². The van der Waals surface area contributed by atoms with Crippen molar-refractivity contribution in [2.45, 2.75) is 60.8 Å². The standard InChI is InChI=1S/C8H11N.C6H15P.C2H6/c1-3-8-5-4-7(2)9-6-8;1-3-5-7-6-4-2;1-2/h4-6H,3H2,1-2H3;7H,3-6H2,1-2H3;1-2H3. The highest BCUT2D eigenvalue weighted by atomic mass is 31.1. The van der Waals surface area contributed by atoms with Crippen molar-refractivity contribution in [2.24, 2.45) is 0 Å². The van der Waals surface area contributed by atoms with Crippen LogP contribution in [0.1, 0.15) is 58.7 Å². The van der Waals surface area contributed by atoms with Crippen LogP contribution in [-0.4, -0.2) is 17.3 Å². The van der Waals surface area contributed by atoms with Crippen LogP contribution in [0.15, 0.2) is 18.3 Å². The molecule has 0 amide bonds. The third-order valence-electron chi connectivity index (χ3n) is 2.23. The van der Waals surface area contributed by atoms with E-state index in [4.69, 9.17) is 0 Å². The molecular formula is C16H32NP. The van der Waals surface area contributed by atoms with Crippen LogP contribution in [0.4, 0.5) is 0 Å². The van der Waals surface area contributed by atoms with Crippen LogP contribution in [0.5, 0.6) is 0 Å². The number of aromatic nitrogens is 1. The van der Waals surface area contributed by atoms with E-state index in [2.05, 4.69) is 31.8 Å². The van der Waals surface area contributed by atoms with Crippen molar-refractivity contribution in [3.8, 4) is 0 Å². The summed E-state index contributed by atoms with van der Waals surface area (Å²) in [6.07, 6.45) is 8.65. The highest BCUT2D eigenvalue weighted by molar-refractivity contribution is 7.37. The van der Waals surface area contributed by atoms with Gasteiger partial charge in [-0.15, -0.1) is 8.58 Å². The molecule has 0 aromatic carbocycles. The van der Waals surface area contributed by atoms with Crippen LogP contribution >= 0.6 is 8.58 Å². The summed E-state index contributed by atoms with van der Waals surface area (Å²) >= 11 is 0. The molecular weight excluding hydrogens is 237 g/mol. The van der Waals surface area contributed by atoms with Gasteiger partial charge in [0, 0.05) is 11.9 Å². The molecule has 1 nitrogen and oxygen atoms in total. The van der Waals surface area contributed by atoms with Crippen molar-refractivity contribution < 1.29 is 0 Å². The highest BCUT2D eigenvalue weighted by Gasteiger charge is 1.86. The van der Waals surface area contributed by atoms with Gasteiger partial charge in [0.2, 0.25) is 0 Å². The van der Waals surface area contributed by atoms with E-state index in [1.807, 2.05) is 33.0 Å². The fourth-order valence-corrected chi connectivity index (χ4v) is 2.14. The number of nitrogens with zero attached hydrogens (tertiary/aromatic N) is 1. The van der Waals surface area contributed by atoms with Gasteiger partial charge in [-0.25, -0.2) is 0 Å². The molecule has 18 heavy (non-hydrogen) atoms. The maximum absolute atomic E-state index is 4.15. The van der Waals surface area contributed by atoms with Crippen LogP contribution in [0.25, 0.3) is 0 Å². The number of hydrogen-bond donors (Lipinski definition) is 0. The van der Waals surface area contributed by atoms with Crippen molar-refractivity contribution in [3.63, 3.8) is 0 Å². The van der Waals surface area contributed by atoms with Gasteiger partial charge in [-0.05, 0) is 37.3 Å². The van der Waals surface area contributed by atoms with E-state index in [1.165, 1.54) is 39.3 Å². The van der Waals surface area contributed by atoms with Crippen LogP contribution < -0.4 is 0 Å². The first-order valence-electron chi connectivity index (χ1n) is 7.36. The summed E-state index contributed by atoms with van der Waals surface area (Å²) in [5.74, 6) is 0. The van der Waals surface area contributed by atoms with Crippen molar-refractivity contribution in [1.29, 1.82) is 0 Å². The van der Waals surface area contributed by atoms with E-state index >= 15 is 0 Å². The van der Waals surface area contributed by atoms with E-state index in [0.29, 0.717) is 0 Å². The maximum Gasteiger partial charge on any atom is 0.0372 e. The van der Waals surface area contributed by atoms with E-state index in [1.54, 1.807) is 0 Å². The van der Waals surface area contributed by atoms with Crippen molar-refractivity contribution in [2.75, 3.05) is 12.3 Å². The van der Waals surface area contributed by atoms with Crippen molar-refractivity contribution in [3.05, 3.63) is 29.6 Å². The molecule has 106 valence electrons. The Kier molecular flexibility index (Phi) is 18.3. The molecule has 0 bridgehead atoms. The van der Waals surface area contributed by atoms with Gasteiger partial charge in [-0.1, -0.05) is 53.5 Å². The molecule has 1 rings (SSSR count). The van der Waals surface area contributed by atoms with Crippen LogP contribution in [0.3, 0.4) is 0 Å². The molecule has 0 aliphatic rings. The fraction of sp³-hybridized carbons (Fsp3) is 0.688. The van der Waals surface area contributed by atoms with Gasteiger partial charge in [0.25, 0.3) is 0 Å². The Morgan fingerprint density at radius 2 is 1.56 bits per heavy atom. The molecule has 0 saturated heterocycles. The molecule has 0 saturated carbocycles. The molecule has 0 radical (unpaired) electrons. The zero-order valence-corrected chi connectivity index (χ0v) is 14.2. The van der Waals surface area contributed by atoms with Gasteiger partial charge in [-0.2, -0.15) is 0 Å². The quantitative estimate of drug-likeness (QED) is 0.510. The van der Waals surface area contributed by atoms with Gasteiger partial charge >= 0.3 is 0 Å². The third-order valence-corrected chi connectivity index (χ3v) is 3.94. The van der Waals surface area contributed by atoms with E-state index < -0.39 is 0 Å². The topological polar surface area (TPSA) is 12.9 Å². The normalized spacial score (nSPS) is 8.78. The molecule has 0 fully saturated rings. The number of pyridine rings is 1. The highest BCUT2D eigenvalue weighted by Crippen LogP contribution is 2.10. The lowest BCUT2D eigenvalue weighted by atomic mass is 10.2. The molecule has 1 aromatic heterocycles. The number of rotatable bonds is 5. The fourth-order valence-electron chi connectivity index (χ4n) is 1.19. The molecule has 0 spiro atoms. The molecule has 0 N–H and O–H groups in total. The zero-order valence-electron chi connectivity index (χ0n) is 13.2. The van der Waals surface area contributed by atoms with E-state index in [-0.39, 0.29) is 0 Å². The molecule has 0 atom stereocenters. The summed E-state index contributed by atoms with van der Waals surface area (Å²) < 4.78 is 0. The summed E-state index contributed by atoms with van der Waals surface area (Å²) in [5, 5.41) is 0. The van der Waals surface area contributed by atoms with Crippen LogP contribution in [-0.2, 0) is 6.42 Å². The Hall–Kier alpha value is -0.420. The Balaban J connectivity index is 0. The second kappa shape index (κ2) is 16.6. The van der Waals surface area contributed by atoms with E-state index in [9.17, 15) is 0 Å². The van der Waals surface area contributed by atoms with Crippen molar-refractivity contribution in [1.82, 2.24) is 4.98 Å². The molecule has 0 aliphatic heterocycles. The summed E-state index contributed by atoms with van der Waals surface area (Å²) in [7, 11) is 1.23. The summed E-state index contributed by atoms with van der Waals surface area (Å²) in [4.78, 5) is 4.15. The average molecular weight is 269 g/mol. The summed E-state index contributed by atoms with van der Waals surface area (Å²) in [6, 6.07) is 4.15. The molecule has 2 heteroatoms. The largest absolute Gasteiger partial charge is 0.261 e. The second-order valence-electron chi connectivity index (χ2n) is 3.91. The monoisotopic (exact) mass is 269 g/mol. The average Bonchev–Trinajstić information content (AvgIpc) is 2.43. The smallest absolute Gasteiger partial charge is 0.0372 e. The first-order valence-corrected chi connectivity index (χ1v) is 8.78. The van der Waals surface area contributed by atoms with Gasteiger partial charge in [0.1, 0.15) is 0 Å². The SMILES string of the molecule is CC.CCCPCCC.CCc1ccc(C)nc1. The minimum atomic E-state index is 1.08. The Bertz CT molecular complexity index is 240. The third kappa shape index (κ3) is 13.6. The Morgan fingerprint density at radius 1 is 1.00 bits per heavy atom. The Morgan fingerprint density at radius 3 is 1.89 bits per heavy atom. The number of hydrogen-bond acceptors (Lipinski definition) is 1. The first-order chi connectivity index (χ1) is 8.74. The lowest BCUT2D eigenvalue weighted by Crippen LogP contribution is -1.83. The maximum atomic E-state index is 4.15. The minimum absolute atomic E-state index is 1.08. The lowest BCUT2D eigenvalue weighted by molar-refractivity contribution is 1.07. The zero-order chi connectivity index (χ0) is 14.2. The first kappa shape index (κ1) is 19.9. The predicted octanol–water partition coefficient (Wildman–Crippen LogP) is 5.46. The summed E-state index contributed by atoms with van der Waals surface area (Å²) in [6.45, 7) is 12.6. The molecule has 1 aromatic rings. The van der Waals surface area contributed by atoms with Crippen LogP contribution in [0, 0.1) is 6.92 Å². The number of aryl methyl sites for hydroxylation is 2. The Labute approximate surface area is 117 Å². The minimum Gasteiger partial charge on any atom is -0.261 e. The van der Waals surface area contributed by atoms with E-state index in [0.717, 1.165) is 12.1 Å². The van der Waals surface area contributed by atoms with Gasteiger partial charge < -0.3 is 0 Å². The second-order valence-corrected chi connectivity index (χ2v) is 5.41. The van der Waals surface area contributed by atoms with Crippen LogP contribution in [0.2, 0.25) is 0 Å². The van der Waals surface area contributed by atoms with Gasteiger partial charge in [0.05, 0.1) is 0 Å². The lowest BCUT2D eigenvalue weighted by Gasteiger charge is -1.93. The van der Waals surface area contributed by atoms with Crippen molar-refractivity contribution >= 4 is 8.58 Å².